The highest BCUT2D eigenvalue weighted by Crippen LogP contribution is 2.28. The molecule has 2 unspecified atom stereocenters. The molecule has 0 aliphatic carbocycles. The summed E-state index contributed by atoms with van der Waals surface area (Å²) in [6.07, 6.45) is -2.01. The van der Waals surface area contributed by atoms with Gasteiger partial charge in [-0.05, 0) is 25.1 Å². The van der Waals surface area contributed by atoms with Gasteiger partial charge in [-0.25, -0.2) is 17.9 Å². The highest BCUT2D eigenvalue weighted by molar-refractivity contribution is 5.93. The maximum atomic E-state index is 13.7. The Balaban J connectivity index is 1.47. The minimum absolute atomic E-state index is 0.218. The van der Waals surface area contributed by atoms with Crippen LogP contribution in [0.1, 0.15) is 41.5 Å². The molecule has 3 heterocycles. The SMILES string of the molecule is O=C(c1nnn(C2CCNC2)c1C(F)F)N1CCC(Oc2cccc(F)c2)C1. The number of carbonyl (C=O) groups excluding carboxylic acids is 1. The summed E-state index contributed by atoms with van der Waals surface area (Å²) in [5.41, 5.74) is -0.749. The second-order valence-electron chi connectivity index (χ2n) is 6.95. The molecule has 2 saturated heterocycles. The molecule has 2 atom stereocenters. The molecule has 0 radical (unpaired) electrons. The van der Waals surface area contributed by atoms with E-state index >= 15 is 0 Å². The van der Waals surface area contributed by atoms with Gasteiger partial charge in [0.15, 0.2) is 5.69 Å². The fourth-order valence-electron chi connectivity index (χ4n) is 3.67. The fraction of sp³-hybridized carbons (Fsp3) is 0.500. The van der Waals surface area contributed by atoms with Crippen molar-refractivity contribution < 1.29 is 22.7 Å². The quantitative estimate of drug-likeness (QED) is 0.840. The average Bonchev–Trinajstić information content (AvgIpc) is 3.40. The summed E-state index contributed by atoms with van der Waals surface area (Å²) in [6, 6.07) is 5.50. The summed E-state index contributed by atoms with van der Waals surface area (Å²) in [6.45, 7) is 1.79. The second kappa shape index (κ2) is 7.78. The lowest BCUT2D eigenvalue weighted by Gasteiger charge is -2.17. The average molecular weight is 395 g/mol. The number of aromatic nitrogens is 3. The Morgan fingerprint density at radius 1 is 1.32 bits per heavy atom. The summed E-state index contributed by atoms with van der Waals surface area (Å²) in [7, 11) is 0. The fourth-order valence-corrected chi connectivity index (χ4v) is 3.67. The Hall–Kier alpha value is -2.62. The Morgan fingerprint density at radius 3 is 2.89 bits per heavy atom. The van der Waals surface area contributed by atoms with Gasteiger partial charge in [0.1, 0.15) is 23.4 Å². The maximum Gasteiger partial charge on any atom is 0.282 e. The van der Waals surface area contributed by atoms with Crippen LogP contribution in [0.5, 0.6) is 5.75 Å². The third-order valence-corrected chi connectivity index (χ3v) is 5.05. The predicted molar refractivity (Wildman–Crippen MR) is 92.8 cm³/mol. The van der Waals surface area contributed by atoms with Crippen LogP contribution in [-0.4, -0.2) is 58.1 Å². The van der Waals surface area contributed by atoms with E-state index in [0.717, 1.165) is 0 Å². The molecule has 2 aliphatic rings. The van der Waals surface area contributed by atoms with Crippen molar-refractivity contribution in [3.8, 4) is 5.75 Å². The van der Waals surface area contributed by atoms with Gasteiger partial charge in [-0.3, -0.25) is 4.79 Å². The number of hydrogen-bond acceptors (Lipinski definition) is 5. The lowest BCUT2D eigenvalue weighted by molar-refractivity contribution is 0.0751. The van der Waals surface area contributed by atoms with E-state index in [2.05, 4.69) is 15.6 Å². The van der Waals surface area contributed by atoms with Gasteiger partial charge in [0.2, 0.25) is 0 Å². The first-order valence-corrected chi connectivity index (χ1v) is 9.18. The van der Waals surface area contributed by atoms with Crippen LogP contribution < -0.4 is 10.1 Å². The number of hydrogen-bond donors (Lipinski definition) is 1. The lowest BCUT2D eigenvalue weighted by Crippen LogP contribution is -2.32. The third kappa shape index (κ3) is 3.68. The number of rotatable bonds is 5. The van der Waals surface area contributed by atoms with E-state index in [1.807, 2.05) is 0 Å². The van der Waals surface area contributed by atoms with E-state index in [-0.39, 0.29) is 24.4 Å². The van der Waals surface area contributed by atoms with Crippen LogP contribution in [0.2, 0.25) is 0 Å². The molecule has 2 aromatic rings. The molecular formula is C18H20F3N5O2. The molecule has 0 bridgehead atoms. The minimum Gasteiger partial charge on any atom is -0.488 e. The minimum atomic E-state index is -2.85. The van der Waals surface area contributed by atoms with Crippen LogP contribution in [0.3, 0.4) is 0 Å². The zero-order valence-corrected chi connectivity index (χ0v) is 15.0. The number of benzene rings is 1. The van der Waals surface area contributed by atoms with E-state index in [1.165, 1.54) is 27.8 Å². The summed E-state index contributed by atoms with van der Waals surface area (Å²) in [4.78, 5) is 14.2. The zero-order chi connectivity index (χ0) is 19.7. The molecule has 28 heavy (non-hydrogen) atoms. The first-order valence-electron chi connectivity index (χ1n) is 9.18. The summed E-state index contributed by atoms with van der Waals surface area (Å²) >= 11 is 0. The van der Waals surface area contributed by atoms with E-state index < -0.39 is 23.8 Å². The Labute approximate surface area is 159 Å². The van der Waals surface area contributed by atoms with Crippen molar-refractivity contribution in [3.63, 3.8) is 0 Å². The number of nitrogens with zero attached hydrogens (tertiary/aromatic N) is 4. The molecule has 10 heteroatoms. The zero-order valence-electron chi connectivity index (χ0n) is 15.0. The van der Waals surface area contributed by atoms with Crippen LogP contribution in [0.15, 0.2) is 24.3 Å². The van der Waals surface area contributed by atoms with Crippen LogP contribution in [0.4, 0.5) is 13.2 Å². The molecule has 0 saturated carbocycles. The van der Waals surface area contributed by atoms with E-state index in [1.54, 1.807) is 6.07 Å². The molecule has 2 fully saturated rings. The standard InChI is InChI=1S/C18H20F3N5O2/c19-11-2-1-3-13(8-11)28-14-5-7-25(10-14)18(27)15-16(17(20)21)26(24-23-15)12-4-6-22-9-12/h1-3,8,12,14,17,22H,4-7,9-10H2. The van der Waals surface area contributed by atoms with Gasteiger partial charge in [-0.1, -0.05) is 11.3 Å². The normalized spacial score (nSPS) is 22.2. The van der Waals surface area contributed by atoms with Crippen LogP contribution in [0.25, 0.3) is 0 Å². The molecule has 1 aromatic carbocycles. The molecule has 0 spiro atoms. The predicted octanol–water partition coefficient (Wildman–Crippen LogP) is 2.18. The first kappa shape index (κ1) is 18.7. The van der Waals surface area contributed by atoms with Crippen molar-refractivity contribution in [2.75, 3.05) is 26.2 Å². The number of carbonyl (C=O) groups is 1. The van der Waals surface area contributed by atoms with Crippen molar-refractivity contribution >= 4 is 5.91 Å². The Kier molecular flexibility index (Phi) is 5.21. The van der Waals surface area contributed by atoms with Gasteiger partial charge in [0.25, 0.3) is 12.3 Å². The molecule has 1 aromatic heterocycles. The van der Waals surface area contributed by atoms with E-state index in [0.29, 0.717) is 38.2 Å². The maximum absolute atomic E-state index is 13.7. The summed E-state index contributed by atoms with van der Waals surface area (Å²) in [5, 5.41) is 10.7. The first-order chi connectivity index (χ1) is 13.5. The third-order valence-electron chi connectivity index (χ3n) is 5.05. The second-order valence-corrected chi connectivity index (χ2v) is 6.95. The van der Waals surface area contributed by atoms with E-state index in [9.17, 15) is 18.0 Å². The van der Waals surface area contributed by atoms with Gasteiger partial charge >= 0.3 is 0 Å². The smallest absolute Gasteiger partial charge is 0.282 e. The van der Waals surface area contributed by atoms with Gasteiger partial charge in [-0.2, -0.15) is 0 Å². The highest BCUT2D eigenvalue weighted by atomic mass is 19.3. The number of ether oxygens (including phenoxy) is 1. The number of likely N-dealkylation sites (tertiary alicyclic amines) is 1. The Bertz CT molecular complexity index is 853. The number of amides is 1. The largest absolute Gasteiger partial charge is 0.488 e. The molecular weight excluding hydrogens is 375 g/mol. The monoisotopic (exact) mass is 395 g/mol. The number of nitrogens with one attached hydrogen (secondary N) is 1. The summed E-state index contributed by atoms with van der Waals surface area (Å²) in [5.74, 6) is -0.631. The van der Waals surface area contributed by atoms with Gasteiger partial charge in [-0.15, -0.1) is 5.10 Å². The van der Waals surface area contributed by atoms with Gasteiger partial charge < -0.3 is 15.0 Å². The van der Waals surface area contributed by atoms with Crippen molar-refractivity contribution in [2.24, 2.45) is 0 Å². The van der Waals surface area contributed by atoms with Crippen molar-refractivity contribution in [3.05, 3.63) is 41.5 Å². The lowest BCUT2D eigenvalue weighted by atomic mass is 10.2. The van der Waals surface area contributed by atoms with E-state index in [4.69, 9.17) is 4.74 Å². The van der Waals surface area contributed by atoms with Crippen molar-refractivity contribution in [1.29, 1.82) is 0 Å². The molecule has 150 valence electrons. The Morgan fingerprint density at radius 2 is 2.18 bits per heavy atom. The highest BCUT2D eigenvalue weighted by Gasteiger charge is 2.36. The number of halogens is 3. The molecule has 4 rings (SSSR count). The molecule has 1 amide bonds. The van der Waals surface area contributed by atoms with Gasteiger partial charge in [0.05, 0.1) is 12.6 Å². The van der Waals surface area contributed by atoms with Crippen LogP contribution in [-0.2, 0) is 0 Å². The van der Waals surface area contributed by atoms with Crippen molar-refractivity contribution in [2.45, 2.75) is 31.4 Å². The number of alkyl halides is 2. The molecule has 7 nitrogen and oxygen atoms in total. The van der Waals surface area contributed by atoms with Gasteiger partial charge in [0, 0.05) is 25.6 Å². The van der Waals surface area contributed by atoms with Crippen LogP contribution >= 0.6 is 0 Å². The summed E-state index contributed by atoms with van der Waals surface area (Å²) < 4.78 is 47.5. The van der Waals surface area contributed by atoms with Crippen LogP contribution in [0, 0.1) is 5.82 Å². The van der Waals surface area contributed by atoms with Crippen molar-refractivity contribution in [1.82, 2.24) is 25.2 Å². The molecule has 2 aliphatic heterocycles. The molecule has 1 N–H and O–H groups in total. The topological polar surface area (TPSA) is 72.3 Å².